The molecule has 0 aliphatic carbocycles. The molecule has 29 heavy (non-hydrogen) atoms. The van der Waals surface area contributed by atoms with Gasteiger partial charge in [0.1, 0.15) is 11.6 Å². The van der Waals surface area contributed by atoms with Gasteiger partial charge in [0.25, 0.3) is 0 Å². The molecule has 152 valence electrons. The van der Waals surface area contributed by atoms with Gasteiger partial charge in [-0.15, -0.1) is 0 Å². The number of amides is 1. The lowest BCUT2D eigenvalue weighted by atomic mass is 9.99. The third kappa shape index (κ3) is 3.81. The second kappa shape index (κ2) is 7.67. The number of hydrogen-bond acceptors (Lipinski definition) is 4. The number of aryl methyl sites for hydroxylation is 1. The maximum atomic E-state index is 14.0. The first-order chi connectivity index (χ1) is 14.9. The molecule has 2 aromatic rings. The summed E-state index contributed by atoms with van der Waals surface area (Å²) in [7, 11) is 0. The Labute approximate surface area is 173 Å². The molecule has 0 unspecified atom stereocenters. The molecule has 1 saturated heterocycles. The summed E-state index contributed by atoms with van der Waals surface area (Å²) in [5.74, 6) is -0.127. The lowest BCUT2D eigenvalue weighted by Gasteiger charge is -2.37. The van der Waals surface area contributed by atoms with Gasteiger partial charge < -0.3 is 15.0 Å². The number of nitrogens with one attached hydrogen (secondary N) is 1. The first-order valence-electron chi connectivity index (χ1n) is 11.2. The molecule has 0 atom stereocenters. The van der Waals surface area contributed by atoms with E-state index >= 15 is 0 Å². The maximum absolute atomic E-state index is 14.0. The summed E-state index contributed by atoms with van der Waals surface area (Å²) in [6, 6.07) is 9.03. The van der Waals surface area contributed by atoms with Crippen molar-refractivity contribution in [3.8, 4) is 5.75 Å². The van der Waals surface area contributed by atoms with Crippen molar-refractivity contribution in [3.05, 3.63) is 52.8 Å². The molecule has 3 aliphatic heterocycles. The quantitative estimate of drug-likeness (QED) is 0.862. The molecule has 0 radical (unpaired) electrons. The van der Waals surface area contributed by atoms with Crippen LogP contribution >= 0.6 is 0 Å². The van der Waals surface area contributed by atoms with Crippen molar-refractivity contribution in [2.45, 2.75) is 25.6 Å². The zero-order valence-electron chi connectivity index (χ0n) is 18.3. The highest BCUT2D eigenvalue weighted by Crippen LogP contribution is 2.35. The molecule has 2 aromatic carbocycles. The van der Waals surface area contributed by atoms with Crippen LogP contribution in [-0.2, 0) is 24.1 Å². The van der Waals surface area contributed by atoms with Crippen LogP contribution in [0.15, 0.2) is 30.3 Å². The molecule has 0 spiro atoms. The van der Waals surface area contributed by atoms with Crippen molar-refractivity contribution < 1.29 is 16.7 Å². The fourth-order valence-electron chi connectivity index (χ4n) is 4.41. The Balaban J connectivity index is 1.18. The minimum atomic E-state index is -1.85. The highest BCUT2D eigenvalue weighted by molar-refractivity contribution is 5.93. The molecular formula is C23H26FN3O2. The van der Waals surface area contributed by atoms with Crippen molar-refractivity contribution in [2.24, 2.45) is 0 Å². The minimum Gasteiger partial charge on any atom is -0.493 e. The van der Waals surface area contributed by atoms with Gasteiger partial charge in [0.05, 0.1) is 6.61 Å². The molecular weight excluding hydrogens is 369 g/mol. The number of carbonyl (C=O) groups excluding carboxylic acids is 1. The number of hydrogen-bond donors (Lipinski definition) is 1. The van der Waals surface area contributed by atoms with E-state index in [2.05, 4.69) is 15.1 Å². The number of anilines is 2. The standard InChI is InChI=1S/C23H26FN3O2/c24-18-14-21(19-6-12-29-22(19)15-18)27-10-8-26(9-11-27)7-5-16-1-2-17-3-4-23(28)25-20(17)13-16/h1-2,13-15H,3-12H2,(H,25,28)/i4D2. The SMILES string of the molecule is [2H]C1([2H])Cc2ccc(CCN3CCN(c4cc(F)cc5c4CCO5)CC3)cc2NC1=O. The summed E-state index contributed by atoms with van der Waals surface area (Å²) in [5, 5.41) is 2.70. The van der Waals surface area contributed by atoms with Gasteiger partial charge in [-0.3, -0.25) is 9.69 Å². The number of rotatable bonds is 4. The second-order valence-electron chi connectivity index (χ2n) is 7.88. The van der Waals surface area contributed by atoms with E-state index in [-0.39, 0.29) is 12.2 Å². The first kappa shape index (κ1) is 16.2. The number of nitrogens with zero attached hydrogens (tertiary/aromatic N) is 2. The molecule has 3 heterocycles. The lowest BCUT2D eigenvalue weighted by molar-refractivity contribution is -0.116. The van der Waals surface area contributed by atoms with Gasteiger partial charge in [0.15, 0.2) is 0 Å². The van der Waals surface area contributed by atoms with Crippen molar-refractivity contribution in [1.82, 2.24) is 4.90 Å². The summed E-state index contributed by atoms with van der Waals surface area (Å²) < 4.78 is 35.1. The third-order valence-electron chi connectivity index (χ3n) is 6.05. The molecule has 5 nitrogen and oxygen atoms in total. The highest BCUT2D eigenvalue weighted by atomic mass is 19.1. The average Bonchev–Trinajstić information content (AvgIpc) is 3.21. The van der Waals surface area contributed by atoms with Gasteiger partial charge in [-0.2, -0.15) is 0 Å². The number of fused-ring (bicyclic) bond motifs is 2. The minimum absolute atomic E-state index is 0.116. The average molecular weight is 397 g/mol. The summed E-state index contributed by atoms with van der Waals surface area (Å²) >= 11 is 0. The van der Waals surface area contributed by atoms with Gasteiger partial charge >= 0.3 is 0 Å². The van der Waals surface area contributed by atoms with Crippen LogP contribution in [-0.4, -0.2) is 50.1 Å². The fourth-order valence-corrected chi connectivity index (χ4v) is 4.41. The van der Waals surface area contributed by atoms with Crippen LogP contribution in [0.25, 0.3) is 0 Å². The lowest BCUT2D eigenvalue weighted by Crippen LogP contribution is -2.47. The van der Waals surface area contributed by atoms with E-state index in [1.165, 1.54) is 6.07 Å². The molecule has 6 heteroatoms. The van der Waals surface area contributed by atoms with E-state index in [0.29, 0.717) is 12.4 Å². The smallest absolute Gasteiger partial charge is 0.224 e. The van der Waals surface area contributed by atoms with Gasteiger partial charge in [-0.25, -0.2) is 4.39 Å². The van der Waals surface area contributed by atoms with E-state index in [1.807, 2.05) is 18.2 Å². The van der Waals surface area contributed by atoms with Crippen LogP contribution in [0.4, 0.5) is 15.8 Å². The molecule has 0 bridgehead atoms. The van der Waals surface area contributed by atoms with E-state index < -0.39 is 12.3 Å². The summed E-state index contributed by atoms with van der Waals surface area (Å²) in [6.45, 7) is 5.06. The van der Waals surface area contributed by atoms with Crippen molar-refractivity contribution in [1.29, 1.82) is 0 Å². The van der Waals surface area contributed by atoms with Gasteiger partial charge in [0.2, 0.25) is 5.91 Å². The highest BCUT2D eigenvalue weighted by Gasteiger charge is 2.24. The van der Waals surface area contributed by atoms with Crippen LogP contribution in [0, 0.1) is 5.82 Å². The van der Waals surface area contributed by atoms with Crippen molar-refractivity contribution >= 4 is 17.3 Å². The van der Waals surface area contributed by atoms with Gasteiger partial charge in [0, 0.05) is 71.3 Å². The molecule has 5 rings (SSSR count). The number of ether oxygens (including phenoxy) is 1. The Morgan fingerprint density at radius 2 is 2.00 bits per heavy atom. The van der Waals surface area contributed by atoms with Crippen molar-refractivity contribution in [2.75, 3.05) is 49.5 Å². The largest absolute Gasteiger partial charge is 0.493 e. The van der Waals surface area contributed by atoms with E-state index in [9.17, 15) is 9.18 Å². The maximum Gasteiger partial charge on any atom is 0.224 e. The number of benzene rings is 2. The third-order valence-corrected chi connectivity index (χ3v) is 6.05. The van der Waals surface area contributed by atoms with Crippen molar-refractivity contribution in [3.63, 3.8) is 0 Å². The summed E-state index contributed by atoms with van der Waals surface area (Å²) in [6.07, 6.45) is -0.0336. The zero-order valence-corrected chi connectivity index (χ0v) is 16.3. The van der Waals surface area contributed by atoms with E-state index in [1.54, 1.807) is 6.07 Å². The summed E-state index contributed by atoms with van der Waals surface area (Å²) in [4.78, 5) is 16.6. The Morgan fingerprint density at radius 3 is 2.86 bits per heavy atom. The number of piperazine rings is 1. The van der Waals surface area contributed by atoms with Crippen LogP contribution in [0.5, 0.6) is 5.75 Å². The molecule has 0 saturated carbocycles. The molecule has 3 aliphatic rings. The Hall–Kier alpha value is -2.60. The molecule has 1 N–H and O–H groups in total. The Bertz CT molecular complexity index is 1020. The molecule has 0 aromatic heterocycles. The summed E-state index contributed by atoms with van der Waals surface area (Å²) in [5.41, 5.74) is 4.79. The topological polar surface area (TPSA) is 44.8 Å². The predicted molar refractivity (Wildman–Crippen MR) is 111 cm³/mol. The number of halogens is 1. The molecule has 1 amide bonds. The predicted octanol–water partition coefficient (Wildman–Crippen LogP) is 3.01. The zero-order chi connectivity index (χ0) is 21.6. The van der Waals surface area contributed by atoms with Gasteiger partial charge in [-0.1, -0.05) is 12.1 Å². The van der Waals surface area contributed by atoms with E-state index in [4.69, 9.17) is 7.48 Å². The normalized spacial score (nSPS) is 21.6. The number of carbonyl (C=O) groups is 1. The molecule has 1 fully saturated rings. The Morgan fingerprint density at radius 1 is 1.14 bits per heavy atom. The van der Waals surface area contributed by atoms with Crippen LogP contribution in [0.3, 0.4) is 0 Å². The van der Waals surface area contributed by atoms with Crippen LogP contribution in [0.2, 0.25) is 0 Å². The first-order valence-corrected chi connectivity index (χ1v) is 10.2. The van der Waals surface area contributed by atoms with E-state index in [0.717, 1.165) is 73.6 Å². The Kier molecular flexibility index (Phi) is 4.29. The van der Waals surface area contributed by atoms with Crippen LogP contribution in [0.1, 0.15) is 25.8 Å². The van der Waals surface area contributed by atoms with Crippen LogP contribution < -0.4 is 15.0 Å². The monoisotopic (exact) mass is 397 g/mol. The fraction of sp³-hybridized carbons (Fsp3) is 0.435. The second-order valence-corrected chi connectivity index (χ2v) is 7.88. The van der Waals surface area contributed by atoms with Gasteiger partial charge in [-0.05, 0) is 36.1 Å².